The number of fused-ring (bicyclic) bond motifs is 1. The van der Waals surface area contributed by atoms with Gasteiger partial charge in [0.05, 0.1) is 17.1 Å². The predicted octanol–water partition coefficient (Wildman–Crippen LogP) is 3.93. The number of carbonyl (C=O) groups is 1. The molecule has 0 radical (unpaired) electrons. The highest BCUT2D eigenvalue weighted by atomic mass is 16.6. The van der Waals surface area contributed by atoms with Gasteiger partial charge in [-0.15, -0.1) is 0 Å². The Bertz CT molecular complexity index is 862. The second kappa shape index (κ2) is 8.49. The number of carbonyl (C=O) groups excluding carboxylic acids is 1. The summed E-state index contributed by atoms with van der Waals surface area (Å²) in [5.74, 6) is -0.296. The average molecular weight is 366 g/mol. The van der Waals surface area contributed by atoms with Crippen molar-refractivity contribution in [1.82, 2.24) is 0 Å². The van der Waals surface area contributed by atoms with Gasteiger partial charge in [0, 0.05) is 31.8 Å². The first-order chi connectivity index (χ1) is 13.0. The van der Waals surface area contributed by atoms with E-state index in [2.05, 4.69) is 4.90 Å². The molecule has 0 saturated heterocycles. The number of anilines is 1. The smallest absolute Gasteiger partial charge is 0.338 e. The molecule has 27 heavy (non-hydrogen) atoms. The minimum absolute atomic E-state index is 0.130. The molecule has 0 aromatic heterocycles. The number of hydrogen-bond acceptors (Lipinski definition) is 5. The van der Waals surface area contributed by atoms with E-state index in [0.717, 1.165) is 37.2 Å². The Morgan fingerprint density at radius 3 is 2.78 bits per heavy atom. The first kappa shape index (κ1) is 18.6. The van der Waals surface area contributed by atoms with E-state index in [1.807, 2.05) is 36.4 Å². The van der Waals surface area contributed by atoms with Crippen LogP contribution in [0.3, 0.4) is 0 Å². The molecule has 0 bridgehead atoms. The molecular formula is C21H22N2O4. The topological polar surface area (TPSA) is 72.7 Å². The molecule has 6 nitrogen and oxygen atoms in total. The maximum absolute atomic E-state index is 11.9. The zero-order chi connectivity index (χ0) is 19.2. The van der Waals surface area contributed by atoms with E-state index >= 15 is 0 Å². The quantitative estimate of drug-likeness (QED) is 0.321. The summed E-state index contributed by atoms with van der Waals surface area (Å²) in [5.41, 5.74) is 3.89. The summed E-state index contributed by atoms with van der Waals surface area (Å²) in [5, 5.41) is 10.8. The normalized spacial score (nSPS) is 13.4. The summed E-state index contributed by atoms with van der Waals surface area (Å²) in [6.45, 7) is 3.58. The third-order valence-corrected chi connectivity index (χ3v) is 4.57. The number of rotatable bonds is 7. The van der Waals surface area contributed by atoms with E-state index < -0.39 is 0 Å². The number of allylic oxidation sites excluding steroid dienone is 1. The maximum Gasteiger partial charge on any atom is 0.338 e. The van der Waals surface area contributed by atoms with Crippen molar-refractivity contribution in [2.24, 2.45) is 0 Å². The molecule has 3 rings (SSSR count). The van der Waals surface area contributed by atoms with Crippen LogP contribution in [0.1, 0.15) is 34.8 Å². The number of nitrogens with zero attached hydrogens (tertiary/aromatic N) is 2. The molecular weight excluding hydrogens is 344 g/mol. The van der Waals surface area contributed by atoms with Gasteiger partial charge >= 0.3 is 5.97 Å². The fraction of sp³-hybridized carbons (Fsp3) is 0.286. The lowest BCUT2D eigenvalue weighted by molar-refractivity contribution is -0.422. The van der Waals surface area contributed by atoms with Gasteiger partial charge in [0.1, 0.15) is 0 Å². The van der Waals surface area contributed by atoms with Gasteiger partial charge in [-0.3, -0.25) is 10.1 Å². The van der Waals surface area contributed by atoms with Crippen LogP contribution in [-0.2, 0) is 11.2 Å². The van der Waals surface area contributed by atoms with Crippen molar-refractivity contribution in [3.05, 3.63) is 81.0 Å². The van der Waals surface area contributed by atoms with Crippen LogP contribution in [0.15, 0.2) is 54.2 Å². The molecule has 0 N–H and O–H groups in total. The minimum atomic E-state index is -0.379. The maximum atomic E-state index is 11.9. The van der Waals surface area contributed by atoms with E-state index in [1.165, 1.54) is 12.5 Å². The van der Waals surface area contributed by atoms with Gasteiger partial charge in [-0.1, -0.05) is 24.3 Å². The lowest BCUT2D eigenvalue weighted by Gasteiger charge is -2.19. The molecule has 1 aliphatic heterocycles. The second-order valence-electron chi connectivity index (χ2n) is 6.52. The van der Waals surface area contributed by atoms with Crippen LogP contribution in [0, 0.1) is 10.1 Å². The van der Waals surface area contributed by atoms with Crippen LogP contribution in [0.4, 0.5) is 5.69 Å². The third kappa shape index (κ3) is 4.73. The molecule has 0 fully saturated rings. The van der Waals surface area contributed by atoms with Crippen molar-refractivity contribution in [2.75, 3.05) is 24.6 Å². The van der Waals surface area contributed by atoms with Crippen LogP contribution in [-0.4, -0.2) is 30.6 Å². The van der Waals surface area contributed by atoms with Gasteiger partial charge in [0.2, 0.25) is 5.70 Å². The molecule has 1 heterocycles. The van der Waals surface area contributed by atoms with Gasteiger partial charge in [-0.2, -0.15) is 0 Å². The molecule has 0 saturated carbocycles. The van der Waals surface area contributed by atoms with E-state index in [4.69, 9.17) is 4.74 Å². The fourth-order valence-electron chi connectivity index (χ4n) is 3.18. The summed E-state index contributed by atoms with van der Waals surface area (Å²) in [7, 11) is 0. The highest BCUT2D eigenvalue weighted by Crippen LogP contribution is 2.29. The molecule has 2 aromatic carbocycles. The van der Waals surface area contributed by atoms with E-state index in [9.17, 15) is 14.9 Å². The van der Waals surface area contributed by atoms with Crippen molar-refractivity contribution < 1.29 is 14.5 Å². The first-order valence-corrected chi connectivity index (χ1v) is 8.97. The molecule has 0 unspecified atom stereocenters. The standard InChI is InChI=1S/C21H22N2O4/c1-16(23(25)26)14-17-8-9-20-19(15-17)10-12-22(20)11-5-13-27-21(24)18-6-3-2-4-7-18/h2-4,6-9,14-15H,5,10-13H2,1H3. The zero-order valence-corrected chi connectivity index (χ0v) is 15.3. The molecule has 6 heteroatoms. The average Bonchev–Trinajstić information content (AvgIpc) is 3.08. The number of nitro groups is 1. The minimum Gasteiger partial charge on any atom is -0.462 e. The summed E-state index contributed by atoms with van der Waals surface area (Å²) in [6, 6.07) is 14.9. The van der Waals surface area contributed by atoms with E-state index in [1.54, 1.807) is 18.2 Å². The monoisotopic (exact) mass is 366 g/mol. The molecule has 0 amide bonds. The largest absolute Gasteiger partial charge is 0.462 e. The SMILES string of the molecule is CC(=Cc1ccc2c(c1)CCN2CCCOC(=O)c1ccccc1)[N+](=O)[O-]. The number of esters is 1. The molecule has 0 aliphatic carbocycles. The summed E-state index contributed by atoms with van der Waals surface area (Å²) < 4.78 is 5.32. The zero-order valence-electron chi connectivity index (χ0n) is 15.3. The molecule has 1 aliphatic rings. The summed E-state index contributed by atoms with van der Waals surface area (Å²) in [4.78, 5) is 24.6. The van der Waals surface area contributed by atoms with Crippen molar-refractivity contribution >= 4 is 17.7 Å². The lowest BCUT2D eigenvalue weighted by Crippen LogP contribution is -2.23. The third-order valence-electron chi connectivity index (χ3n) is 4.57. The Morgan fingerprint density at radius 2 is 2.04 bits per heavy atom. The predicted molar refractivity (Wildman–Crippen MR) is 104 cm³/mol. The lowest BCUT2D eigenvalue weighted by atomic mass is 10.1. The van der Waals surface area contributed by atoms with Gasteiger partial charge in [0.25, 0.3) is 0 Å². The molecule has 0 atom stereocenters. The van der Waals surface area contributed by atoms with Crippen LogP contribution in [0.2, 0.25) is 0 Å². The van der Waals surface area contributed by atoms with Gasteiger partial charge in [-0.05, 0) is 48.2 Å². The molecule has 140 valence electrons. The van der Waals surface area contributed by atoms with Gasteiger partial charge < -0.3 is 9.64 Å². The number of ether oxygens (including phenoxy) is 1. The molecule has 2 aromatic rings. The van der Waals surface area contributed by atoms with Gasteiger partial charge in [0.15, 0.2) is 0 Å². The number of hydrogen-bond donors (Lipinski definition) is 0. The second-order valence-corrected chi connectivity index (χ2v) is 6.52. The van der Waals surface area contributed by atoms with Gasteiger partial charge in [-0.25, -0.2) is 4.79 Å². The Kier molecular flexibility index (Phi) is 5.86. The molecule has 0 spiro atoms. The van der Waals surface area contributed by atoms with Crippen LogP contribution in [0.5, 0.6) is 0 Å². The Morgan fingerprint density at radius 1 is 1.26 bits per heavy atom. The van der Waals surface area contributed by atoms with Crippen molar-refractivity contribution in [2.45, 2.75) is 19.8 Å². The van der Waals surface area contributed by atoms with Crippen LogP contribution < -0.4 is 4.90 Å². The van der Waals surface area contributed by atoms with E-state index in [-0.39, 0.29) is 16.6 Å². The Balaban J connectivity index is 1.52. The first-order valence-electron chi connectivity index (χ1n) is 8.97. The van der Waals surface area contributed by atoms with Crippen LogP contribution >= 0.6 is 0 Å². The van der Waals surface area contributed by atoms with Crippen molar-refractivity contribution in [1.29, 1.82) is 0 Å². The Labute approximate surface area is 158 Å². The van der Waals surface area contributed by atoms with Crippen molar-refractivity contribution in [3.8, 4) is 0 Å². The van der Waals surface area contributed by atoms with E-state index in [0.29, 0.717) is 12.2 Å². The fourth-order valence-corrected chi connectivity index (χ4v) is 3.18. The number of benzene rings is 2. The highest BCUT2D eigenvalue weighted by molar-refractivity contribution is 5.89. The summed E-state index contributed by atoms with van der Waals surface area (Å²) >= 11 is 0. The Hall–Kier alpha value is -3.15. The highest BCUT2D eigenvalue weighted by Gasteiger charge is 2.19. The summed E-state index contributed by atoms with van der Waals surface area (Å²) in [6.07, 6.45) is 3.25. The van der Waals surface area contributed by atoms with Crippen molar-refractivity contribution in [3.63, 3.8) is 0 Å². The van der Waals surface area contributed by atoms with Crippen LogP contribution in [0.25, 0.3) is 6.08 Å².